The monoisotopic (exact) mass is 439 g/mol. The van der Waals surface area contributed by atoms with Gasteiger partial charge in [-0.05, 0) is 70.3 Å². The van der Waals surface area contributed by atoms with Crippen molar-refractivity contribution in [3.63, 3.8) is 0 Å². The van der Waals surface area contributed by atoms with Gasteiger partial charge in [0.25, 0.3) is 0 Å². The maximum absolute atomic E-state index is 4.05. The molecule has 0 aliphatic heterocycles. The second kappa shape index (κ2) is 8.83. The van der Waals surface area contributed by atoms with Crippen LogP contribution in [-0.2, 0) is 19.3 Å². The molecule has 1 aliphatic carbocycles. The molecular formula is C33H29N. The zero-order valence-electron chi connectivity index (χ0n) is 19.6. The number of aryl methyl sites for hydroxylation is 1. The molecule has 1 nitrogen and oxygen atoms in total. The smallest absolute Gasteiger partial charge is 0.0560 e. The fourth-order valence-electron chi connectivity index (χ4n) is 5.58. The van der Waals surface area contributed by atoms with Gasteiger partial charge in [0.1, 0.15) is 0 Å². The Bertz CT molecular complexity index is 1380. The highest BCUT2D eigenvalue weighted by molar-refractivity contribution is 5.92. The molecule has 1 heteroatoms. The molecule has 1 aliphatic rings. The molecule has 166 valence electrons. The minimum absolute atomic E-state index is 0.285. The third-order valence-corrected chi connectivity index (χ3v) is 7.06. The quantitative estimate of drug-likeness (QED) is 0.282. The fraction of sp³-hybridized carbons (Fsp3) is 0.152. The lowest BCUT2D eigenvalue weighted by molar-refractivity contribution is 0.809. The maximum Gasteiger partial charge on any atom is 0.0560 e. The molecule has 0 heterocycles. The van der Waals surface area contributed by atoms with E-state index in [1.807, 2.05) is 0 Å². The van der Waals surface area contributed by atoms with Gasteiger partial charge in [-0.25, -0.2) is 0 Å². The average molecular weight is 440 g/mol. The van der Waals surface area contributed by atoms with Crippen molar-refractivity contribution in [1.82, 2.24) is 0 Å². The van der Waals surface area contributed by atoms with E-state index in [9.17, 15) is 0 Å². The molecule has 1 unspecified atom stereocenters. The summed E-state index contributed by atoms with van der Waals surface area (Å²) in [6.45, 7) is 2.22. The minimum Gasteiger partial charge on any atom is -0.377 e. The van der Waals surface area contributed by atoms with E-state index in [1.54, 1.807) is 0 Å². The van der Waals surface area contributed by atoms with Gasteiger partial charge in [-0.15, -0.1) is 0 Å². The Hall–Kier alpha value is -3.84. The highest BCUT2D eigenvalue weighted by Crippen LogP contribution is 2.40. The number of hydrogen-bond acceptors (Lipinski definition) is 1. The summed E-state index contributed by atoms with van der Waals surface area (Å²) in [7, 11) is 0. The first-order chi connectivity index (χ1) is 16.7. The molecule has 0 aromatic heterocycles. The van der Waals surface area contributed by atoms with Gasteiger partial charge in [0.05, 0.1) is 6.04 Å². The average Bonchev–Trinajstić information content (AvgIpc) is 3.22. The van der Waals surface area contributed by atoms with Gasteiger partial charge in [0, 0.05) is 5.69 Å². The Morgan fingerprint density at radius 1 is 0.676 bits per heavy atom. The first-order valence-corrected chi connectivity index (χ1v) is 12.2. The summed E-state index contributed by atoms with van der Waals surface area (Å²) in [5, 5.41) is 6.83. The minimum atomic E-state index is 0.285. The first-order valence-electron chi connectivity index (χ1n) is 12.2. The normalized spacial score (nSPS) is 14.4. The van der Waals surface area contributed by atoms with Gasteiger partial charge in [-0.3, -0.25) is 0 Å². The molecule has 0 saturated carbocycles. The zero-order valence-corrected chi connectivity index (χ0v) is 19.6. The summed E-state index contributed by atoms with van der Waals surface area (Å²) in [5.41, 5.74) is 10.9. The Labute approximate surface area is 202 Å². The largest absolute Gasteiger partial charge is 0.377 e. The predicted molar refractivity (Wildman–Crippen MR) is 144 cm³/mol. The van der Waals surface area contributed by atoms with Gasteiger partial charge >= 0.3 is 0 Å². The van der Waals surface area contributed by atoms with Crippen LogP contribution in [0.3, 0.4) is 0 Å². The maximum atomic E-state index is 4.05. The summed E-state index contributed by atoms with van der Waals surface area (Å²) in [6, 6.07) is 40.1. The van der Waals surface area contributed by atoms with Gasteiger partial charge in [-0.2, -0.15) is 0 Å². The fourth-order valence-corrected chi connectivity index (χ4v) is 5.58. The van der Waals surface area contributed by atoms with E-state index in [4.69, 9.17) is 0 Å². The van der Waals surface area contributed by atoms with Crippen LogP contribution < -0.4 is 5.32 Å². The van der Waals surface area contributed by atoms with Crippen LogP contribution in [0.1, 0.15) is 45.0 Å². The summed E-state index contributed by atoms with van der Waals surface area (Å²) in [6.07, 6.45) is 2.88. The second-order valence-electron chi connectivity index (χ2n) is 9.55. The van der Waals surface area contributed by atoms with E-state index in [2.05, 4.69) is 121 Å². The Morgan fingerprint density at radius 2 is 1.26 bits per heavy atom. The van der Waals surface area contributed by atoms with Crippen molar-refractivity contribution >= 4 is 16.5 Å². The topological polar surface area (TPSA) is 12.0 Å². The van der Waals surface area contributed by atoms with Gasteiger partial charge < -0.3 is 5.32 Å². The molecule has 1 atom stereocenters. The van der Waals surface area contributed by atoms with Crippen molar-refractivity contribution in [2.24, 2.45) is 0 Å². The highest BCUT2D eigenvalue weighted by Gasteiger charge is 2.25. The SMILES string of the molecule is Cc1cc(Cc2ccccc2)c(NC2Cc3cccc4cccc2c34)c(Cc2ccccc2)c1. The molecular weight excluding hydrogens is 410 g/mol. The van der Waals surface area contributed by atoms with E-state index in [0.29, 0.717) is 0 Å². The van der Waals surface area contributed by atoms with Crippen LogP contribution in [0, 0.1) is 6.92 Å². The molecule has 0 amide bonds. The molecule has 0 radical (unpaired) electrons. The van der Waals surface area contributed by atoms with Crippen molar-refractivity contribution in [2.45, 2.75) is 32.2 Å². The lowest BCUT2D eigenvalue weighted by Crippen LogP contribution is -2.14. The van der Waals surface area contributed by atoms with Gasteiger partial charge in [0.15, 0.2) is 0 Å². The van der Waals surface area contributed by atoms with Crippen molar-refractivity contribution in [2.75, 3.05) is 5.32 Å². The summed E-state index contributed by atoms with van der Waals surface area (Å²) in [4.78, 5) is 0. The number of benzene rings is 5. The zero-order chi connectivity index (χ0) is 22.9. The summed E-state index contributed by atoms with van der Waals surface area (Å²) >= 11 is 0. The van der Waals surface area contributed by atoms with Crippen LogP contribution in [0.15, 0.2) is 109 Å². The molecule has 0 bridgehead atoms. The van der Waals surface area contributed by atoms with Crippen LogP contribution in [0.2, 0.25) is 0 Å². The van der Waals surface area contributed by atoms with Crippen LogP contribution in [0.4, 0.5) is 5.69 Å². The Kier molecular flexibility index (Phi) is 5.39. The van der Waals surface area contributed by atoms with Crippen molar-refractivity contribution < 1.29 is 0 Å². The molecule has 1 N–H and O–H groups in total. The van der Waals surface area contributed by atoms with E-state index in [1.165, 1.54) is 55.4 Å². The molecule has 6 rings (SSSR count). The molecule has 0 fully saturated rings. The third kappa shape index (κ3) is 3.99. The standard InChI is InChI=1S/C33H29N/c1-23-18-28(20-24-10-4-2-5-11-24)33(29(19-23)21-25-12-6-3-7-13-25)34-31-22-27-16-8-14-26-15-9-17-30(31)32(26)27/h2-19,31,34H,20-22H2,1H3. The van der Waals surface area contributed by atoms with Crippen molar-refractivity contribution in [1.29, 1.82) is 0 Å². The van der Waals surface area contributed by atoms with Gasteiger partial charge in [-0.1, -0.05) is 115 Å². The molecule has 5 aromatic rings. The first kappa shape index (κ1) is 20.7. The Morgan fingerprint density at radius 3 is 1.88 bits per heavy atom. The third-order valence-electron chi connectivity index (χ3n) is 7.06. The molecule has 0 saturated heterocycles. The second-order valence-corrected chi connectivity index (χ2v) is 9.55. The highest BCUT2D eigenvalue weighted by atomic mass is 14.9. The van der Waals surface area contributed by atoms with Crippen LogP contribution in [0.25, 0.3) is 10.8 Å². The number of rotatable bonds is 6. The van der Waals surface area contributed by atoms with Crippen LogP contribution >= 0.6 is 0 Å². The number of nitrogens with one attached hydrogen (secondary N) is 1. The number of hydrogen-bond donors (Lipinski definition) is 1. The summed E-state index contributed by atoms with van der Waals surface area (Å²) < 4.78 is 0. The van der Waals surface area contributed by atoms with E-state index < -0.39 is 0 Å². The summed E-state index contributed by atoms with van der Waals surface area (Å²) in [5.74, 6) is 0. The molecule has 34 heavy (non-hydrogen) atoms. The van der Waals surface area contributed by atoms with Crippen molar-refractivity contribution in [3.05, 3.63) is 148 Å². The van der Waals surface area contributed by atoms with E-state index >= 15 is 0 Å². The van der Waals surface area contributed by atoms with E-state index in [0.717, 1.165) is 19.3 Å². The molecule has 0 spiro atoms. The Balaban J connectivity index is 1.43. The number of anilines is 1. The van der Waals surface area contributed by atoms with E-state index in [-0.39, 0.29) is 6.04 Å². The molecule has 5 aromatic carbocycles. The lowest BCUT2D eigenvalue weighted by atomic mass is 9.93. The predicted octanol–water partition coefficient (Wildman–Crippen LogP) is 8.04. The van der Waals surface area contributed by atoms with Crippen LogP contribution in [0.5, 0.6) is 0 Å². The lowest BCUT2D eigenvalue weighted by Gasteiger charge is -2.23. The van der Waals surface area contributed by atoms with Crippen molar-refractivity contribution in [3.8, 4) is 0 Å². The van der Waals surface area contributed by atoms with Gasteiger partial charge in [0.2, 0.25) is 0 Å². The van der Waals surface area contributed by atoms with Crippen LogP contribution in [-0.4, -0.2) is 0 Å².